The quantitative estimate of drug-likeness (QED) is 0.666. The Morgan fingerprint density at radius 1 is 1.26 bits per heavy atom. The molecule has 1 aromatic carbocycles. The third-order valence-electron chi connectivity index (χ3n) is 5.94. The van der Waals surface area contributed by atoms with E-state index in [1.807, 2.05) is 0 Å². The molecule has 1 amide bonds. The Hall–Kier alpha value is -2.95. The van der Waals surface area contributed by atoms with Crippen LogP contribution in [0.5, 0.6) is 5.75 Å². The minimum Gasteiger partial charge on any atom is -0.475 e. The highest BCUT2D eigenvalue weighted by Crippen LogP contribution is 2.51. The molecule has 1 spiro atoms. The van der Waals surface area contributed by atoms with Gasteiger partial charge in [-0.05, 0) is 37.2 Å². The minimum atomic E-state index is -1.04. The number of carbonyl (C=O) groups is 2. The van der Waals surface area contributed by atoms with Crippen LogP contribution in [-0.2, 0) is 27.4 Å². The zero-order chi connectivity index (χ0) is 21.9. The average Bonchev–Trinajstić information content (AvgIpc) is 3.47. The van der Waals surface area contributed by atoms with Crippen molar-refractivity contribution < 1.29 is 23.5 Å². The predicted molar refractivity (Wildman–Crippen MR) is 109 cm³/mol. The molecule has 2 aromatic rings. The van der Waals surface area contributed by atoms with E-state index in [0.29, 0.717) is 30.7 Å². The largest absolute Gasteiger partial charge is 0.475 e. The van der Waals surface area contributed by atoms with Crippen LogP contribution in [0.2, 0.25) is 0 Å². The molecule has 2 aliphatic heterocycles. The first-order chi connectivity index (χ1) is 14.8. The Balaban J connectivity index is 1.65. The number of methoxy groups -OCH3 is 1. The molecule has 0 radical (unpaired) electrons. The van der Waals surface area contributed by atoms with Crippen LogP contribution in [0, 0.1) is 5.82 Å². The molecule has 3 aliphatic rings. The number of rotatable bonds is 3. The van der Waals surface area contributed by atoms with E-state index in [1.165, 1.54) is 24.1 Å². The maximum Gasteiger partial charge on any atom is 0.328 e. The summed E-state index contributed by atoms with van der Waals surface area (Å²) in [6, 6.07) is 1.67. The van der Waals surface area contributed by atoms with Crippen LogP contribution in [0.25, 0.3) is 0 Å². The third kappa shape index (κ3) is 3.10. The zero-order valence-corrected chi connectivity index (χ0v) is 17.9. The molecule has 0 bridgehead atoms. The molecule has 1 aromatic heterocycles. The maximum absolute atomic E-state index is 15.0. The van der Waals surface area contributed by atoms with E-state index in [1.54, 1.807) is 16.3 Å². The average molecular weight is 448 g/mol. The Morgan fingerprint density at radius 2 is 1.97 bits per heavy atom. The SMILES string of the molecule is COC(=O)C(C)N1C(=O)C2(CC2)Oc2cc(F)c(/N=c3\sc(=O)n4n3CCCC4)cc21. The number of carbonyl (C=O) groups excluding carboxylic acids is 2. The van der Waals surface area contributed by atoms with Crippen LogP contribution in [0.4, 0.5) is 15.8 Å². The van der Waals surface area contributed by atoms with Crippen molar-refractivity contribution in [2.75, 3.05) is 12.0 Å². The number of hydrogen-bond acceptors (Lipinski definition) is 7. The lowest BCUT2D eigenvalue weighted by Gasteiger charge is -2.37. The maximum atomic E-state index is 15.0. The molecule has 3 heterocycles. The number of amides is 1. The molecule has 1 unspecified atom stereocenters. The summed E-state index contributed by atoms with van der Waals surface area (Å²) in [5.41, 5.74) is -0.824. The van der Waals surface area contributed by atoms with Crippen LogP contribution in [0.15, 0.2) is 21.9 Å². The molecule has 11 heteroatoms. The van der Waals surface area contributed by atoms with Crippen LogP contribution < -0.4 is 19.3 Å². The van der Waals surface area contributed by atoms with E-state index in [2.05, 4.69) is 4.99 Å². The van der Waals surface area contributed by atoms with Gasteiger partial charge in [0.1, 0.15) is 17.5 Å². The fourth-order valence-electron chi connectivity index (χ4n) is 4.08. The number of hydrogen-bond donors (Lipinski definition) is 0. The number of anilines is 1. The van der Waals surface area contributed by atoms with Gasteiger partial charge >= 0.3 is 10.8 Å². The standard InChI is InChI=1S/C20H21FN4O5S/c1-11(16(26)29-2)25-14-10-13(12(21)9-15(14)30-20(5-6-20)17(25)27)22-18-23-7-3-4-8-24(23)19(28)31-18/h9-11H,3-8H2,1-2H3/b22-18-. The second-order valence-corrected chi connectivity index (χ2v) is 8.88. The fraction of sp³-hybridized carbons (Fsp3) is 0.500. The fourth-order valence-corrected chi connectivity index (χ4v) is 4.97. The van der Waals surface area contributed by atoms with Crippen molar-refractivity contribution in [1.29, 1.82) is 0 Å². The number of fused-ring (bicyclic) bond motifs is 2. The van der Waals surface area contributed by atoms with Gasteiger partial charge in [-0.2, -0.15) is 0 Å². The van der Waals surface area contributed by atoms with Gasteiger partial charge in [0.15, 0.2) is 11.4 Å². The summed E-state index contributed by atoms with van der Waals surface area (Å²) in [7, 11) is 1.25. The van der Waals surface area contributed by atoms with Crippen molar-refractivity contribution in [1.82, 2.24) is 9.36 Å². The Morgan fingerprint density at radius 3 is 2.65 bits per heavy atom. The second-order valence-electron chi connectivity index (χ2n) is 7.96. The summed E-state index contributed by atoms with van der Waals surface area (Å²) in [4.78, 5) is 43.5. The number of benzene rings is 1. The Bertz CT molecular complexity index is 1230. The monoisotopic (exact) mass is 448 g/mol. The zero-order valence-electron chi connectivity index (χ0n) is 17.1. The third-order valence-corrected chi connectivity index (χ3v) is 6.81. The van der Waals surface area contributed by atoms with E-state index in [4.69, 9.17) is 9.47 Å². The lowest BCUT2D eigenvalue weighted by atomic mass is 10.1. The summed E-state index contributed by atoms with van der Waals surface area (Å²) in [5, 5.41) is 0. The van der Waals surface area contributed by atoms with Crippen molar-refractivity contribution in [2.24, 2.45) is 4.99 Å². The van der Waals surface area contributed by atoms with Crippen molar-refractivity contribution in [3.63, 3.8) is 0 Å². The second kappa shape index (κ2) is 7.04. The van der Waals surface area contributed by atoms with Gasteiger partial charge in [0, 0.05) is 32.0 Å². The van der Waals surface area contributed by atoms with Gasteiger partial charge in [-0.3, -0.25) is 19.2 Å². The van der Waals surface area contributed by atoms with E-state index >= 15 is 0 Å². The molecule has 0 N–H and O–H groups in total. The molecule has 1 aliphatic carbocycles. The van der Waals surface area contributed by atoms with Crippen molar-refractivity contribution in [3.8, 4) is 5.75 Å². The van der Waals surface area contributed by atoms with Crippen molar-refractivity contribution >= 4 is 34.6 Å². The summed E-state index contributed by atoms with van der Waals surface area (Å²) >= 11 is 0.948. The molecule has 9 nitrogen and oxygen atoms in total. The van der Waals surface area contributed by atoms with Gasteiger partial charge in [-0.25, -0.2) is 18.9 Å². The normalized spacial score (nSPS) is 20.2. The van der Waals surface area contributed by atoms with E-state index in [9.17, 15) is 18.8 Å². The van der Waals surface area contributed by atoms with Gasteiger partial charge < -0.3 is 9.47 Å². The number of aromatic nitrogens is 2. The van der Waals surface area contributed by atoms with E-state index in [-0.39, 0.29) is 27.9 Å². The number of nitrogens with zero attached hydrogens (tertiary/aromatic N) is 4. The Kier molecular flexibility index (Phi) is 4.54. The summed E-state index contributed by atoms with van der Waals surface area (Å²) in [5.74, 6) is -1.39. The topological polar surface area (TPSA) is 95.1 Å². The molecule has 1 saturated carbocycles. The van der Waals surface area contributed by atoms with Gasteiger partial charge in [0.05, 0.1) is 12.8 Å². The van der Waals surface area contributed by atoms with Crippen LogP contribution in [-0.4, -0.2) is 40.0 Å². The Labute approximate surface area is 180 Å². The molecule has 1 fully saturated rings. The number of halogens is 1. The van der Waals surface area contributed by atoms with E-state index < -0.39 is 23.4 Å². The van der Waals surface area contributed by atoms with Crippen LogP contribution in [0.1, 0.15) is 32.6 Å². The molecular weight excluding hydrogens is 427 g/mol. The van der Waals surface area contributed by atoms with Crippen LogP contribution >= 0.6 is 11.3 Å². The highest BCUT2D eigenvalue weighted by Gasteiger charge is 2.59. The highest BCUT2D eigenvalue weighted by atomic mass is 32.1. The van der Waals surface area contributed by atoms with Crippen molar-refractivity contribution in [3.05, 3.63) is 32.4 Å². The summed E-state index contributed by atoms with van der Waals surface area (Å²) in [6.07, 6.45) is 2.82. The molecule has 164 valence electrons. The smallest absolute Gasteiger partial charge is 0.328 e. The highest BCUT2D eigenvalue weighted by molar-refractivity contribution is 7.06. The first-order valence-corrected chi connectivity index (χ1v) is 11.0. The first kappa shape index (κ1) is 20.0. The predicted octanol–water partition coefficient (Wildman–Crippen LogP) is 1.70. The van der Waals surface area contributed by atoms with Crippen molar-refractivity contribution in [2.45, 2.75) is 57.3 Å². The van der Waals surface area contributed by atoms with E-state index in [0.717, 1.165) is 24.2 Å². The van der Waals surface area contributed by atoms with Gasteiger partial charge in [0.25, 0.3) is 5.91 Å². The molecule has 1 atom stereocenters. The lowest BCUT2D eigenvalue weighted by molar-refractivity contribution is -0.144. The summed E-state index contributed by atoms with van der Waals surface area (Å²) in [6.45, 7) is 2.78. The first-order valence-electron chi connectivity index (χ1n) is 10.1. The van der Waals surface area contributed by atoms with Gasteiger partial charge in [0.2, 0.25) is 4.80 Å². The minimum absolute atomic E-state index is 0.0355. The lowest BCUT2D eigenvalue weighted by Crippen LogP contribution is -2.54. The number of ether oxygens (including phenoxy) is 2. The molecular formula is C20H21FN4O5S. The van der Waals surface area contributed by atoms with Gasteiger partial charge in [-0.15, -0.1) is 0 Å². The van der Waals surface area contributed by atoms with Gasteiger partial charge in [-0.1, -0.05) is 0 Å². The molecule has 5 rings (SSSR count). The molecule has 31 heavy (non-hydrogen) atoms. The summed E-state index contributed by atoms with van der Waals surface area (Å²) < 4.78 is 29.0. The molecule has 0 saturated heterocycles. The number of esters is 1. The van der Waals surface area contributed by atoms with Crippen LogP contribution in [0.3, 0.4) is 0 Å².